The van der Waals surface area contributed by atoms with E-state index in [0.717, 1.165) is 6.54 Å². The van der Waals surface area contributed by atoms with Gasteiger partial charge in [0, 0.05) is 12.6 Å². The average molecular weight is 284 g/mol. The third-order valence-corrected chi connectivity index (χ3v) is 4.34. The number of carbonyl (C=O) groups excluding carboxylic acids is 1. The van der Waals surface area contributed by atoms with Gasteiger partial charge in [-0.25, -0.2) is 0 Å². The molecule has 1 aliphatic carbocycles. The molecule has 1 aromatic carbocycles. The predicted octanol–water partition coefficient (Wildman–Crippen LogP) is 3.38. The maximum Gasteiger partial charge on any atom is 0.273 e. The Hall–Kier alpha value is -2.10. The Balaban J connectivity index is 1.45. The molecule has 1 fully saturated rings. The topological polar surface area (TPSA) is 55.1 Å². The molecule has 1 heterocycles. The number of hydrogen-bond acceptors (Lipinski definition) is 3. The largest absolute Gasteiger partial charge is 0.364 e. The van der Waals surface area contributed by atoms with Crippen molar-refractivity contribution in [1.82, 2.24) is 10.5 Å². The van der Waals surface area contributed by atoms with Crippen LogP contribution in [0.1, 0.15) is 47.7 Å². The van der Waals surface area contributed by atoms with Crippen LogP contribution in [0.4, 0.5) is 0 Å². The van der Waals surface area contributed by atoms with Gasteiger partial charge in [0.25, 0.3) is 5.91 Å². The van der Waals surface area contributed by atoms with Gasteiger partial charge >= 0.3 is 0 Å². The highest BCUT2D eigenvalue weighted by Gasteiger charge is 2.22. The van der Waals surface area contributed by atoms with E-state index in [0.29, 0.717) is 17.5 Å². The maximum atomic E-state index is 11.8. The monoisotopic (exact) mass is 284 g/mol. The summed E-state index contributed by atoms with van der Waals surface area (Å²) in [6.45, 7) is 0.729. The van der Waals surface area contributed by atoms with Crippen molar-refractivity contribution in [2.75, 3.05) is 6.54 Å². The molecule has 2 aromatic rings. The van der Waals surface area contributed by atoms with Crippen molar-refractivity contribution in [1.29, 1.82) is 0 Å². The van der Waals surface area contributed by atoms with Crippen LogP contribution >= 0.6 is 0 Å². The summed E-state index contributed by atoms with van der Waals surface area (Å²) < 4.78 is 4.68. The Morgan fingerprint density at radius 1 is 1.14 bits per heavy atom. The molecule has 4 heteroatoms. The van der Waals surface area contributed by atoms with Crippen molar-refractivity contribution in [2.24, 2.45) is 5.92 Å². The lowest BCUT2D eigenvalue weighted by Gasteiger charge is -2.28. The minimum atomic E-state index is -0.145. The molecular formula is C17H20N2O2. The second-order valence-electron chi connectivity index (χ2n) is 5.72. The number of benzene rings is 1. The molecule has 21 heavy (non-hydrogen) atoms. The summed E-state index contributed by atoms with van der Waals surface area (Å²) in [5.74, 6) is 1.10. The number of rotatable bonds is 4. The lowest BCUT2D eigenvalue weighted by atomic mass is 9.79. The fourth-order valence-corrected chi connectivity index (χ4v) is 3.08. The van der Waals surface area contributed by atoms with Crippen molar-refractivity contribution in [3.8, 4) is 0 Å². The van der Waals surface area contributed by atoms with Crippen LogP contribution in [0.5, 0.6) is 0 Å². The summed E-state index contributed by atoms with van der Waals surface area (Å²) >= 11 is 0. The molecule has 1 aliphatic rings. The molecule has 1 saturated carbocycles. The van der Waals surface area contributed by atoms with E-state index >= 15 is 0 Å². The van der Waals surface area contributed by atoms with Gasteiger partial charge < -0.3 is 9.84 Å². The summed E-state index contributed by atoms with van der Waals surface area (Å²) in [4.78, 5) is 11.8. The highest BCUT2D eigenvalue weighted by Crippen LogP contribution is 2.35. The first kappa shape index (κ1) is 13.9. The van der Waals surface area contributed by atoms with Crippen LogP contribution in [-0.2, 0) is 0 Å². The molecule has 110 valence electrons. The number of nitrogens with zero attached hydrogens (tertiary/aromatic N) is 1. The fraction of sp³-hybridized carbons (Fsp3) is 0.412. The summed E-state index contributed by atoms with van der Waals surface area (Å²) in [7, 11) is 0. The van der Waals surface area contributed by atoms with Gasteiger partial charge in [-0.1, -0.05) is 35.5 Å². The second kappa shape index (κ2) is 6.57. The average Bonchev–Trinajstić information content (AvgIpc) is 3.08. The van der Waals surface area contributed by atoms with E-state index in [4.69, 9.17) is 0 Å². The molecule has 0 radical (unpaired) electrons. The summed E-state index contributed by atoms with van der Waals surface area (Å²) in [6.07, 6.45) is 6.15. The van der Waals surface area contributed by atoms with Crippen LogP contribution in [0.2, 0.25) is 0 Å². The standard InChI is InChI=1S/C17H20N2O2/c20-17(16-10-11-21-19-16)18-12-13-6-8-15(9-7-13)14-4-2-1-3-5-14/h1-5,10-11,13,15H,6-9,12H2,(H,18,20). The van der Waals surface area contributed by atoms with Crippen LogP contribution < -0.4 is 5.32 Å². The van der Waals surface area contributed by atoms with Crippen LogP contribution in [0.25, 0.3) is 0 Å². The SMILES string of the molecule is O=C(NCC1CCC(c2ccccc2)CC1)c1ccon1. The molecule has 3 rings (SSSR count). The van der Waals surface area contributed by atoms with Crippen LogP contribution in [0.15, 0.2) is 47.2 Å². The third kappa shape index (κ3) is 3.51. The van der Waals surface area contributed by atoms with Gasteiger partial charge in [-0.2, -0.15) is 0 Å². The van der Waals surface area contributed by atoms with Gasteiger partial charge in [-0.3, -0.25) is 4.79 Å². The highest BCUT2D eigenvalue weighted by atomic mass is 16.5. The summed E-state index contributed by atoms with van der Waals surface area (Å²) in [5, 5.41) is 6.59. The molecule has 0 atom stereocenters. The summed E-state index contributed by atoms with van der Waals surface area (Å²) in [5.41, 5.74) is 1.80. The van der Waals surface area contributed by atoms with E-state index in [1.54, 1.807) is 6.07 Å². The number of nitrogens with one attached hydrogen (secondary N) is 1. The third-order valence-electron chi connectivity index (χ3n) is 4.34. The van der Waals surface area contributed by atoms with Crippen LogP contribution in [-0.4, -0.2) is 17.6 Å². The Bertz CT molecular complexity index is 558. The maximum absolute atomic E-state index is 11.8. The zero-order chi connectivity index (χ0) is 14.5. The van der Waals surface area contributed by atoms with Gasteiger partial charge in [-0.05, 0) is 43.1 Å². The minimum Gasteiger partial charge on any atom is -0.364 e. The number of amides is 1. The zero-order valence-corrected chi connectivity index (χ0v) is 12.0. The lowest BCUT2D eigenvalue weighted by Crippen LogP contribution is -2.31. The van der Waals surface area contributed by atoms with Crippen molar-refractivity contribution in [2.45, 2.75) is 31.6 Å². The Kier molecular flexibility index (Phi) is 4.34. The summed E-state index contributed by atoms with van der Waals surface area (Å²) in [6, 6.07) is 12.3. The molecule has 1 amide bonds. The highest BCUT2D eigenvalue weighted by molar-refractivity contribution is 5.91. The minimum absolute atomic E-state index is 0.145. The Morgan fingerprint density at radius 3 is 2.57 bits per heavy atom. The number of aromatic nitrogens is 1. The van der Waals surface area contributed by atoms with Crippen molar-refractivity contribution < 1.29 is 9.32 Å². The molecule has 4 nitrogen and oxygen atoms in total. The number of carbonyl (C=O) groups is 1. The van der Waals surface area contributed by atoms with E-state index in [1.165, 1.54) is 37.5 Å². The normalized spacial score (nSPS) is 21.9. The van der Waals surface area contributed by atoms with E-state index < -0.39 is 0 Å². The lowest BCUT2D eigenvalue weighted by molar-refractivity contribution is 0.0934. The van der Waals surface area contributed by atoms with Crippen LogP contribution in [0.3, 0.4) is 0 Å². The van der Waals surface area contributed by atoms with Gasteiger partial charge in [0.05, 0.1) is 0 Å². The first-order chi connectivity index (χ1) is 10.3. The quantitative estimate of drug-likeness (QED) is 0.936. The Morgan fingerprint density at radius 2 is 1.90 bits per heavy atom. The zero-order valence-electron chi connectivity index (χ0n) is 12.0. The van der Waals surface area contributed by atoms with Gasteiger partial charge in [-0.15, -0.1) is 0 Å². The Labute approximate surface area is 124 Å². The first-order valence-corrected chi connectivity index (χ1v) is 7.56. The predicted molar refractivity (Wildman–Crippen MR) is 80.0 cm³/mol. The van der Waals surface area contributed by atoms with Gasteiger partial charge in [0.15, 0.2) is 5.69 Å². The van der Waals surface area contributed by atoms with Crippen molar-refractivity contribution in [3.63, 3.8) is 0 Å². The molecule has 1 N–H and O–H groups in total. The van der Waals surface area contributed by atoms with Gasteiger partial charge in [0.1, 0.15) is 6.26 Å². The number of hydrogen-bond donors (Lipinski definition) is 1. The van der Waals surface area contributed by atoms with E-state index in [1.807, 2.05) is 0 Å². The second-order valence-corrected chi connectivity index (χ2v) is 5.72. The van der Waals surface area contributed by atoms with Gasteiger partial charge in [0.2, 0.25) is 0 Å². The molecule has 0 spiro atoms. The smallest absolute Gasteiger partial charge is 0.273 e. The van der Waals surface area contributed by atoms with E-state index in [2.05, 4.69) is 45.3 Å². The van der Waals surface area contributed by atoms with Crippen LogP contribution in [0, 0.1) is 5.92 Å². The first-order valence-electron chi connectivity index (χ1n) is 7.56. The molecule has 0 unspecified atom stereocenters. The molecule has 0 aliphatic heterocycles. The van der Waals surface area contributed by atoms with E-state index in [-0.39, 0.29) is 5.91 Å². The molecule has 0 bridgehead atoms. The fourth-order valence-electron chi connectivity index (χ4n) is 3.08. The van der Waals surface area contributed by atoms with Crippen molar-refractivity contribution in [3.05, 3.63) is 53.9 Å². The van der Waals surface area contributed by atoms with E-state index in [9.17, 15) is 4.79 Å². The molecule has 0 saturated heterocycles. The molecular weight excluding hydrogens is 264 g/mol. The van der Waals surface area contributed by atoms with Crippen molar-refractivity contribution >= 4 is 5.91 Å². The molecule has 1 aromatic heterocycles.